The predicted octanol–water partition coefficient (Wildman–Crippen LogP) is 2.77. The van der Waals surface area contributed by atoms with Crippen molar-refractivity contribution >= 4 is 11.8 Å². The Kier molecular flexibility index (Phi) is 3.87. The summed E-state index contributed by atoms with van der Waals surface area (Å²) in [7, 11) is 1.45. The lowest BCUT2D eigenvalue weighted by molar-refractivity contribution is -0.0328. The second-order valence-corrected chi connectivity index (χ2v) is 3.86. The lowest BCUT2D eigenvalue weighted by Gasteiger charge is -2.10. The van der Waals surface area contributed by atoms with Gasteiger partial charge in [0.05, 0.1) is 7.11 Å². The van der Waals surface area contributed by atoms with Crippen LogP contribution in [0.25, 0.3) is 0 Å². The highest BCUT2D eigenvalue weighted by atomic mass is 32.2. The number of alkyl halides is 3. The van der Waals surface area contributed by atoms with Crippen LogP contribution in [0.3, 0.4) is 0 Å². The molecule has 0 aliphatic carbocycles. The summed E-state index contributed by atoms with van der Waals surface area (Å²) in [5.74, 6) is 0.504. The van der Waals surface area contributed by atoms with Crippen LogP contribution < -0.4 is 10.5 Å². The second-order valence-electron chi connectivity index (χ2n) is 2.73. The topological polar surface area (TPSA) is 35.2 Å². The van der Waals surface area contributed by atoms with Gasteiger partial charge in [-0.2, -0.15) is 13.2 Å². The van der Waals surface area contributed by atoms with Gasteiger partial charge in [0.15, 0.2) is 0 Å². The fourth-order valence-corrected chi connectivity index (χ4v) is 1.72. The van der Waals surface area contributed by atoms with Gasteiger partial charge in [-0.25, -0.2) is 0 Å². The van der Waals surface area contributed by atoms with Crippen LogP contribution in [0, 0.1) is 0 Å². The molecule has 15 heavy (non-hydrogen) atoms. The van der Waals surface area contributed by atoms with Gasteiger partial charge in [-0.05, 0) is 30.0 Å². The summed E-state index contributed by atoms with van der Waals surface area (Å²) < 4.78 is 41.1. The van der Waals surface area contributed by atoms with E-state index in [1.807, 2.05) is 0 Å². The molecule has 0 amide bonds. The molecule has 1 aromatic carbocycles. The van der Waals surface area contributed by atoms with Crippen molar-refractivity contribution in [3.8, 4) is 5.75 Å². The van der Waals surface area contributed by atoms with Crippen molar-refractivity contribution in [2.75, 3.05) is 7.11 Å². The summed E-state index contributed by atoms with van der Waals surface area (Å²) >= 11 is -0.162. The molecule has 0 atom stereocenters. The van der Waals surface area contributed by atoms with Gasteiger partial charge in [0.25, 0.3) is 0 Å². The van der Waals surface area contributed by atoms with E-state index in [9.17, 15) is 13.2 Å². The molecule has 0 aliphatic rings. The van der Waals surface area contributed by atoms with Crippen molar-refractivity contribution in [1.82, 2.24) is 0 Å². The zero-order chi connectivity index (χ0) is 11.5. The van der Waals surface area contributed by atoms with Crippen molar-refractivity contribution in [2.45, 2.75) is 16.9 Å². The minimum absolute atomic E-state index is 0.115. The molecule has 2 N–H and O–H groups in total. The third-order valence-corrected chi connectivity index (χ3v) is 2.43. The van der Waals surface area contributed by atoms with Crippen LogP contribution in [-0.2, 0) is 6.54 Å². The van der Waals surface area contributed by atoms with Crippen molar-refractivity contribution in [2.24, 2.45) is 5.73 Å². The monoisotopic (exact) mass is 237 g/mol. The van der Waals surface area contributed by atoms with E-state index in [2.05, 4.69) is 0 Å². The normalized spacial score (nSPS) is 11.5. The first kappa shape index (κ1) is 12.2. The lowest BCUT2D eigenvalue weighted by atomic mass is 10.2. The van der Waals surface area contributed by atoms with Crippen LogP contribution >= 0.6 is 11.8 Å². The highest BCUT2D eigenvalue weighted by molar-refractivity contribution is 8.00. The molecule has 0 bridgehead atoms. The largest absolute Gasteiger partial charge is 0.496 e. The highest BCUT2D eigenvalue weighted by Gasteiger charge is 2.29. The van der Waals surface area contributed by atoms with Gasteiger partial charge in [-0.15, -0.1) is 0 Å². The number of benzene rings is 1. The molecule has 0 unspecified atom stereocenters. The Bertz CT molecular complexity index is 341. The molecule has 0 fully saturated rings. The van der Waals surface area contributed by atoms with Crippen LogP contribution in [0.2, 0.25) is 0 Å². The predicted molar refractivity (Wildman–Crippen MR) is 52.8 cm³/mol. The van der Waals surface area contributed by atoms with Crippen LogP contribution in [0.4, 0.5) is 13.2 Å². The van der Waals surface area contributed by atoms with Crippen molar-refractivity contribution < 1.29 is 17.9 Å². The number of nitrogens with two attached hydrogens (primary N) is 1. The summed E-state index contributed by atoms with van der Waals surface area (Å²) in [6.45, 7) is 0.148. The van der Waals surface area contributed by atoms with E-state index in [4.69, 9.17) is 10.5 Å². The molecular weight excluding hydrogens is 227 g/mol. The molecule has 0 spiro atoms. The van der Waals surface area contributed by atoms with Crippen LogP contribution in [0.15, 0.2) is 23.1 Å². The maximum Gasteiger partial charge on any atom is 0.446 e. The van der Waals surface area contributed by atoms with Crippen LogP contribution in [-0.4, -0.2) is 12.6 Å². The van der Waals surface area contributed by atoms with E-state index < -0.39 is 5.51 Å². The Balaban J connectivity index is 2.93. The average molecular weight is 237 g/mol. The smallest absolute Gasteiger partial charge is 0.446 e. The Labute approximate surface area is 89.6 Å². The standard InChI is InChI=1S/C9H10F3NOS/c1-14-8-3-2-7(4-6(8)5-13)15-9(10,11)12/h2-4H,5,13H2,1H3. The molecule has 84 valence electrons. The second kappa shape index (κ2) is 4.76. The third-order valence-electron chi connectivity index (χ3n) is 1.71. The molecule has 2 nitrogen and oxygen atoms in total. The molecular formula is C9H10F3NOS. The van der Waals surface area contributed by atoms with E-state index in [0.717, 1.165) is 0 Å². The van der Waals surface area contributed by atoms with Crippen LogP contribution in [0.1, 0.15) is 5.56 Å². The van der Waals surface area contributed by atoms with Gasteiger partial charge in [-0.1, -0.05) is 0 Å². The van der Waals surface area contributed by atoms with Gasteiger partial charge in [-0.3, -0.25) is 0 Å². The van der Waals surface area contributed by atoms with Gasteiger partial charge >= 0.3 is 5.51 Å². The molecule has 1 aromatic rings. The zero-order valence-electron chi connectivity index (χ0n) is 7.97. The van der Waals surface area contributed by atoms with Gasteiger partial charge in [0, 0.05) is 17.0 Å². The summed E-state index contributed by atoms with van der Waals surface area (Å²) in [5, 5.41) is 0. The van der Waals surface area contributed by atoms with Gasteiger partial charge in [0.2, 0.25) is 0 Å². The molecule has 6 heteroatoms. The zero-order valence-corrected chi connectivity index (χ0v) is 8.78. The molecule has 0 aromatic heterocycles. The van der Waals surface area contributed by atoms with E-state index in [1.165, 1.54) is 25.3 Å². The summed E-state index contributed by atoms with van der Waals surface area (Å²) in [5.41, 5.74) is 1.67. The summed E-state index contributed by atoms with van der Waals surface area (Å²) in [6.07, 6.45) is 0. The molecule has 0 radical (unpaired) electrons. The summed E-state index contributed by atoms with van der Waals surface area (Å²) in [4.78, 5) is 0.115. The average Bonchev–Trinajstić information content (AvgIpc) is 2.15. The number of hydrogen-bond acceptors (Lipinski definition) is 3. The minimum Gasteiger partial charge on any atom is -0.496 e. The maximum atomic E-state index is 12.1. The van der Waals surface area contributed by atoms with Crippen LogP contribution in [0.5, 0.6) is 5.75 Å². The quantitative estimate of drug-likeness (QED) is 0.821. The van der Waals surface area contributed by atoms with Gasteiger partial charge in [0.1, 0.15) is 5.75 Å². The number of halogens is 3. The molecule has 1 rings (SSSR count). The molecule has 0 heterocycles. The van der Waals surface area contributed by atoms with Gasteiger partial charge < -0.3 is 10.5 Å². The number of ether oxygens (including phenoxy) is 1. The summed E-state index contributed by atoms with van der Waals surface area (Å²) in [6, 6.07) is 4.23. The third kappa shape index (κ3) is 3.64. The Morgan fingerprint density at radius 3 is 2.53 bits per heavy atom. The first-order valence-corrected chi connectivity index (χ1v) is 4.90. The fourth-order valence-electron chi connectivity index (χ4n) is 1.11. The SMILES string of the molecule is COc1ccc(SC(F)(F)F)cc1CN. The first-order chi connectivity index (χ1) is 6.96. The van der Waals surface area contributed by atoms with E-state index >= 15 is 0 Å². The lowest BCUT2D eigenvalue weighted by Crippen LogP contribution is -2.02. The van der Waals surface area contributed by atoms with Crippen molar-refractivity contribution in [3.05, 3.63) is 23.8 Å². The first-order valence-electron chi connectivity index (χ1n) is 4.09. The number of rotatable bonds is 3. The highest BCUT2D eigenvalue weighted by Crippen LogP contribution is 2.38. The molecule has 0 saturated carbocycles. The number of methoxy groups -OCH3 is 1. The maximum absolute atomic E-state index is 12.1. The van der Waals surface area contributed by atoms with E-state index in [1.54, 1.807) is 0 Å². The fraction of sp³-hybridized carbons (Fsp3) is 0.333. The number of thioether (sulfide) groups is 1. The Hall–Kier alpha value is -0.880. The Morgan fingerprint density at radius 1 is 1.40 bits per heavy atom. The van der Waals surface area contributed by atoms with E-state index in [-0.39, 0.29) is 23.2 Å². The molecule has 0 aliphatic heterocycles. The van der Waals surface area contributed by atoms with Crippen molar-refractivity contribution in [3.63, 3.8) is 0 Å². The molecule has 0 saturated heterocycles. The van der Waals surface area contributed by atoms with E-state index in [0.29, 0.717) is 11.3 Å². The van der Waals surface area contributed by atoms with Crippen molar-refractivity contribution in [1.29, 1.82) is 0 Å². The number of hydrogen-bond donors (Lipinski definition) is 1. The Morgan fingerprint density at radius 2 is 2.07 bits per heavy atom. The minimum atomic E-state index is -4.28.